The van der Waals surface area contributed by atoms with Crippen LogP contribution in [0.2, 0.25) is 0 Å². The van der Waals surface area contributed by atoms with E-state index in [0.717, 1.165) is 55.6 Å². The van der Waals surface area contributed by atoms with E-state index >= 15 is 0 Å². The molecule has 154 valence electrons. The van der Waals surface area contributed by atoms with Crippen LogP contribution < -0.4 is 18.9 Å². The van der Waals surface area contributed by atoms with Crippen molar-refractivity contribution in [1.82, 2.24) is 4.90 Å². The van der Waals surface area contributed by atoms with Crippen LogP contribution in [0.5, 0.6) is 23.0 Å². The molecule has 0 saturated carbocycles. The second-order valence-corrected chi connectivity index (χ2v) is 8.12. The molecule has 6 heteroatoms. The van der Waals surface area contributed by atoms with Crippen LogP contribution in [0.4, 0.5) is 0 Å². The number of hydrogen-bond acceptors (Lipinski definition) is 6. The van der Waals surface area contributed by atoms with Crippen LogP contribution in [0.1, 0.15) is 35.6 Å². The number of nitrogens with zero attached hydrogens (tertiary/aromatic N) is 1. The molecule has 3 aliphatic heterocycles. The topological polar surface area (TPSA) is 49.4 Å². The van der Waals surface area contributed by atoms with Crippen LogP contribution in [0, 0.1) is 0 Å². The minimum absolute atomic E-state index is 0.0642. The van der Waals surface area contributed by atoms with Gasteiger partial charge in [0.1, 0.15) is 0 Å². The minimum atomic E-state index is 0.0642. The van der Waals surface area contributed by atoms with Crippen molar-refractivity contribution < 1.29 is 23.7 Å². The molecule has 2 aromatic carbocycles. The molecule has 0 bridgehead atoms. The molecular formula is C23H27NO5. The summed E-state index contributed by atoms with van der Waals surface area (Å²) in [5, 5.41) is 0. The van der Waals surface area contributed by atoms with Crippen LogP contribution >= 0.6 is 0 Å². The van der Waals surface area contributed by atoms with Crippen molar-refractivity contribution in [2.75, 3.05) is 47.8 Å². The van der Waals surface area contributed by atoms with E-state index in [2.05, 4.69) is 36.2 Å². The normalized spacial score (nSPS) is 22.4. The Bertz CT molecular complexity index is 922. The highest BCUT2D eigenvalue weighted by atomic mass is 16.7. The Morgan fingerprint density at radius 3 is 2.45 bits per heavy atom. The maximum absolute atomic E-state index is 5.71. The lowest BCUT2D eigenvalue weighted by Crippen LogP contribution is -2.49. The van der Waals surface area contributed by atoms with Gasteiger partial charge in [0.05, 0.1) is 20.3 Å². The van der Waals surface area contributed by atoms with Gasteiger partial charge in [-0.2, -0.15) is 0 Å². The molecule has 1 unspecified atom stereocenters. The summed E-state index contributed by atoms with van der Waals surface area (Å²) in [6.45, 7) is 2.83. The van der Waals surface area contributed by atoms with Gasteiger partial charge in [0.15, 0.2) is 23.0 Å². The third kappa shape index (κ3) is 2.93. The first-order valence-corrected chi connectivity index (χ1v) is 10.1. The molecule has 5 rings (SSSR count). The molecule has 1 saturated heterocycles. The monoisotopic (exact) mass is 397 g/mol. The van der Waals surface area contributed by atoms with E-state index in [1.165, 1.54) is 16.7 Å². The zero-order valence-electron chi connectivity index (χ0n) is 17.2. The van der Waals surface area contributed by atoms with E-state index in [4.69, 9.17) is 23.7 Å². The zero-order valence-corrected chi connectivity index (χ0v) is 17.2. The molecule has 29 heavy (non-hydrogen) atoms. The van der Waals surface area contributed by atoms with Gasteiger partial charge in [-0.25, -0.2) is 0 Å². The maximum atomic E-state index is 5.71. The quantitative estimate of drug-likeness (QED) is 0.790. The molecule has 0 aliphatic carbocycles. The molecule has 3 heterocycles. The number of hydrogen-bond donors (Lipinski definition) is 0. The number of likely N-dealkylation sites (N-methyl/N-ethyl adjacent to an activating group) is 1. The summed E-state index contributed by atoms with van der Waals surface area (Å²) in [6, 6.07) is 10.7. The molecule has 6 nitrogen and oxygen atoms in total. The second kappa shape index (κ2) is 7.11. The molecular weight excluding hydrogens is 370 g/mol. The van der Waals surface area contributed by atoms with Crippen molar-refractivity contribution >= 4 is 0 Å². The molecule has 3 aliphatic rings. The average Bonchev–Trinajstić information content (AvgIpc) is 3.21. The molecule has 1 fully saturated rings. The second-order valence-electron chi connectivity index (χ2n) is 8.12. The Labute approximate surface area is 171 Å². The highest BCUT2D eigenvalue weighted by Gasteiger charge is 2.44. The number of benzene rings is 2. The lowest BCUT2D eigenvalue weighted by Gasteiger charge is -2.49. The highest BCUT2D eigenvalue weighted by Crippen LogP contribution is 2.50. The van der Waals surface area contributed by atoms with Crippen LogP contribution in [0.25, 0.3) is 0 Å². The summed E-state index contributed by atoms with van der Waals surface area (Å²) in [6.07, 6.45) is 2.02. The van der Waals surface area contributed by atoms with Crippen LogP contribution in [-0.2, 0) is 10.2 Å². The first-order valence-electron chi connectivity index (χ1n) is 10.1. The van der Waals surface area contributed by atoms with Crippen LogP contribution in [0.15, 0.2) is 30.3 Å². The van der Waals surface area contributed by atoms with Gasteiger partial charge < -0.3 is 23.7 Å². The van der Waals surface area contributed by atoms with E-state index in [0.29, 0.717) is 0 Å². The van der Waals surface area contributed by atoms with Crippen molar-refractivity contribution in [3.05, 3.63) is 47.0 Å². The fourth-order valence-electron chi connectivity index (χ4n) is 5.18. The Morgan fingerprint density at radius 1 is 0.966 bits per heavy atom. The lowest BCUT2D eigenvalue weighted by atomic mass is 9.67. The molecule has 0 amide bonds. The molecule has 1 spiro atoms. The number of ether oxygens (including phenoxy) is 5. The summed E-state index contributed by atoms with van der Waals surface area (Å²) < 4.78 is 28.2. The van der Waals surface area contributed by atoms with E-state index < -0.39 is 0 Å². The fraction of sp³-hybridized carbons (Fsp3) is 0.478. The van der Waals surface area contributed by atoms with Gasteiger partial charge in [-0.05, 0) is 60.8 Å². The number of fused-ring (bicyclic) bond motifs is 3. The van der Waals surface area contributed by atoms with E-state index in [-0.39, 0.29) is 18.2 Å². The van der Waals surface area contributed by atoms with Crippen molar-refractivity contribution in [3.8, 4) is 23.0 Å². The van der Waals surface area contributed by atoms with E-state index in [1.807, 2.05) is 6.07 Å². The molecule has 0 radical (unpaired) electrons. The van der Waals surface area contributed by atoms with E-state index in [9.17, 15) is 0 Å². The summed E-state index contributed by atoms with van der Waals surface area (Å²) in [5.74, 6) is 3.16. The van der Waals surface area contributed by atoms with Gasteiger partial charge in [0.2, 0.25) is 6.79 Å². The van der Waals surface area contributed by atoms with Gasteiger partial charge >= 0.3 is 0 Å². The molecule has 0 aromatic heterocycles. The maximum Gasteiger partial charge on any atom is 0.231 e. The summed E-state index contributed by atoms with van der Waals surface area (Å²) >= 11 is 0. The predicted octanol–water partition coefficient (Wildman–Crippen LogP) is 3.52. The fourth-order valence-corrected chi connectivity index (χ4v) is 5.18. The van der Waals surface area contributed by atoms with Gasteiger partial charge in [0, 0.05) is 25.2 Å². The predicted molar refractivity (Wildman–Crippen MR) is 108 cm³/mol. The molecule has 2 aromatic rings. The highest BCUT2D eigenvalue weighted by molar-refractivity contribution is 5.56. The largest absolute Gasteiger partial charge is 0.493 e. The summed E-state index contributed by atoms with van der Waals surface area (Å²) in [4.78, 5) is 2.44. The number of methoxy groups -OCH3 is 2. The zero-order chi connectivity index (χ0) is 20.0. The van der Waals surface area contributed by atoms with Crippen molar-refractivity contribution in [1.29, 1.82) is 0 Å². The van der Waals surface area contributed by atoms with Crippen molar-refractivity contribution in [2.45, 2.75) is 24.3 Å². The Kier molecular flexibility index (Phi) is 4.56. The summed E-state index contributed by atoms with van der Waals surface area (Å²) in [5.41, 5.74) is 3.86. The Morgan fingerprint density at radius 2 is 1.69 bits per heavy atom. The van der Waals surface area contributed by atoms with E-state index in [1.54, 1.807) is 14.2 Å². The SMILES string of the molecule is COc1cc2c(cc1OC)C1(CCOCC1)CN(C)C2c1ccc2c(c1)OCO2. The molecule has 1 atom stereocenters. The first kappa shape index (κ1) is 18.6. The van der Waals surface area contributed by atoms with Crippen LogP contribution in [-0.4, -0.2) is 52.7 Å². The Balaban J connectivity index is 1.68. The third-order valence-corrected chi connectivity index (χ3v) is 6.58. The van der Waals surface area contributed by atoms with Crippen molar-refractivity contribution in [2.24, 2.45) is 0 Å². The summed E-state index contributed by atoms with van der Waals surface area (Å²) in [7, 11) is 5.59. The van der Waals surface area contributed by atoms with Gasteiger partial charge in [-0.15, -0.1) is 0 Å². The standard InChI is InChI=1S/C23H27NO5/c1-24-13-23(6-8-27-9-7-23)17-12-20(26-3)19(25-2)11-16(17)22(24)15-4-5-18-21(10-15)29-14-28-18/h4-5,10-12,22H,6-9,13-14H2,1-3H3. The minimum Gasteiger partial charge on any atom is -0.493 e. The third-order valence-electron chi connectivity index (χ3n) is 6.58. The smallest absolute Gasteiger partial charge is 0.231 e. The van der Waals surface area contributed by atoms with Gasteiger partial charge in [0.25, 0.3) is 0 Å². The number of rotatable bonds is 3. The average molecular weight is 397 g/mol. The van der Waals surface area contributed by atoms with Crippen LogP contribution in [0.3, 0.4) is 0 Å². The molecule has 0 N–H and O–H groups in total. The first-order chi connectivity index (χ1) is 14.1. The van der Waals surface area contributed by atoms with Crippen molar-refractivity contribution in [3.63, 3.8) is 0 Å². The Hall–Kier alpha value is -2.44. The van der Waals surface area contributed by atoms with Gasteiger partial charge in [-0.3, -0.25) is 4.90 Å². The van der Waals surface area contributed by atoms with Gasteiger partial charge in [-0.1, -0.05) is 6.07 Å². The lowest BCUT2D eigenvalue weighted by molar-refractivity contribution is 0.0261.